The van der Waals surface area contributed by atoms with Crippen LogP contribution in [0, 0.1) is 6.92 Å². The Balaban J connectivity index is 2.60. The number of nitrogens with two attached hydrogens (primary N) is 2. The monoisotopic (exact) mass is 275 g/mol. The van der Waals surface area contributed by atoms with Crippen molar-refractivity contribution in [1.29, 1.82) is 0 Å². The van der Waals surface area contributed by atoms with Crippen molar-refractivity contribution in [3.63, 3.8) is 0 Å². The average Bonchev–Trinajstić information content (AvgIpc) is 2.38. The number of aryl methyl sites for hydroxylation is 1. The zero-order chi connectivity index (χ0) is 14.7. The van der Waals surface area contributed by atoms with Gasteiger partial charge in [-0.15, -0.1) is 0 Å². The maximum Gasteiger partial charge on any atom is 0.339 e. The molecular weight excluding hydrogens is 258 g/mol. The summed E-state index contributed by atoms with van der Waals surface area (Å²) in [6.07, 6.45) is 0.710. The van der Waals surface area contributed by atoms with E-state index >= 15 is 0 Å². The van der Waals surface area contributed by atoms with Crippen LogP contribution >= 0.6 is 0 Å². The van der Waals surface area contributed by atoms with Crippen molar-refractivity contribution in [2.24, 2.45) is 5.73 Å². The number of pyridine rings is 1. The van der Waals surface area contributed by atoms with Gasteiger partial charge in [0.1, 0.15) is 11.3 Å². The predicted octanol–water partition coefficient (Wildman–Crippen LogP) is 1.55. The van der Waals surface area contributed by atoms with Gasteiger partial charge in [0, 0.05) is 0 Å². The van der Waals surface area contributed by atoms with Gasteiger partial charge in [-0.1, -0.05) is 6.07 Å². The number of aromatic nitrogens is 1. The summed E-state index contributed by atoms with van der Waals surface area (Å²) >= 11 is 0. The Morgan fingerprint density at radius 2 is 2.20 bits per heavy atom. The fraction of sp³-hybridized carbons (Fsp3) is 0.286. The molecule has 0 saturated carbocycles. The van der Waals surface area contributed by atoms with Gasteiger partial charge in [0.15, 0.2) is 0 Å². The number of carbonyl (C=O) groups is 1. The van der Waals surface area contributed by atoms with Gasteiger partial charge in [0.25, 0.3) is 0 Å². The Kier molecular flexibility index (Phi) is 4.05. The van der Waals surface area contributed by atoms with E-state index < -0.39 is 5.97 Å². The number of carboxylic acid groups (broad SMARTS) is 1. The third kappa shape index (κ3) is 2.50. The van der Waals surface area contributed by atoms with E-state index in [0.29, 0.717) is 41.9 Å². The lowest BCUT2D eigenvalue weighted by molar-refractivity contribution is 0.0697. The summed E-state index contributed by atoms with van der Waals surface area (Å²) in [7, 11) is 0. The first-order valence-electron chi connectivity index (χ1n) is 6.31. The number of nitrogen functional groups attached to an aromatic ring is 1. The highest BCUT2D eigenvalue weighted by atomic mass is 16.5. The van der Waals surface area contributed by atoms with E-state index in [0.717, 1.165) is 0 Å². The zero-order valence-electron chi connectivity index (χ0n) is 11.2. The molecule has 0 bridgehead atoms. The summed E-state index contributed by atoms with van der Waals surface area (Å²) in [6, 6.07) is 5.32. The summed E-state index contributed by atoms with van der Waals surface area (Å²) in [5, 5.41) is 9.77. The minimum Gasteiger partial charge on any atom is -0.493 e. The minimum absolute atomic E-state index is 0.0207. The van der Waals surface area contributed by atoms with Crippen molar-refractivity contribution in [2.45, 2.75) is 13.3 Å². The fourth-order valence-electron chi connectivity index (χ4n) is 2.10. The van der Waals surface area contributed by atoms with E-state index in [1.165, 1.54) is 0 Å². The lowest BCUT2D eigenvalue weighted by Gasteiger charge is -2.13. The molecule has 6 heteroatoms. The third-order valence-corrected chi connectivity index (χ3v) is 3.01. The van der Waals surface area contributed by atoms with Gasteiger partial charge in [-0.2, -0.15) is 0 Å². The molecule has 0 radical (unpaired) electrons. The Hall–Kier alpha value is -2.34. The van der Waals surface area contributed by atoms with Gasteiger partial charge in [-0.3, -0.25) is 4.98 Å². The van der Waals surface area contributed by atoms with E-state index in [1.54, 1.807) is 25.1 Å². The van der Waals surface area contributed by atoms with Crippen LogP contribution in [0.5, 0.6) is 5.75 Å². The third-order valence-electron chi connectivity index (χ3n) is 3.01. The molecule has 0 aliphatic heterocycles. The molecular formula is C14H17N3O3. The van der Waals surface area contributed by atoms with Gasteiger partial charge in [0.05, 0.1) is 28.9 Å². The number of anilines is 1. The van der Waals surface area contributed by atoms with E-state index in [9.17, 15) is 9.90 Å². The molecule has 0 aliphatic carbocycles. The number of rotatable bonds is 5. The van der Waals surface area contributed by atoms with E-state index in [-0.39, 0.29) is 11.3 Å². The molecule has 1 aromatic heterocycles. The Labute approximate surface area is 116 Å². The Morgan fingerprint density at radius 3 is 2.85 bits per heavy atom. The topological polar surface area (TPSA) is 111 Å². The molecule has 0 fully saturated rings. The second kappa shape index (κ2) is 5.75. The average molecular weight is 275 g/mol. The van der Waals surface area contributed by atoms with Gasteiger partial charge < -0.3 is 21.3 Å². The number of benzene rings is 1. The Bertz CT molecular complexity index is 656. The fourth-order valence-corrected chi connectivity index (χ4v) is 2.10. The van der Waals surface area contributed by atoms with Gasteiger partial charge in [-0.25, -0.2) is 4.79 Å². The molecule has 0 aliphatic rings. The number of hydrogen-bond donors (Lipinski definition) is 3. The molecule has 1 aromatic carbocycles. The molecule has 0 saturated heterocycles. The summed E-state index contributed by atoms with van der Waals surface area (Å²) in [5.41, 5.74) is 12.6. The predicted molar refractivity (Wildman–Crippen MR) is 77.0 cm³/mol. The standard InChI is InChI=1S/C14H17N3O3/c1-8-11(14(18)19)13(16)12-9(17-8)4-2-5-10(12)20-7-3-6-15/h2,4-5H,3,6-7,15H2,1H3,(H2,16,17)(H,18,19). The van der Waals surface area contributed by atoms with Gasteiger partial charge in [0.2, 0.25) is 0 Å². The quantitative estimate of drug-likeness (QED) is 0.714. The van der Waals surface area contributed by atoms with Crippen molar-refractivity contribution in [3.8, 4) is 5.75 Å². The van der Waals surface area contributed by atoms with Gasteiger partial charge >= 0.3 is 5.97 Å². The molecule has 0 spiro atoms. The molecule has 2 rings (SSSR count). The second-order valence-electron chi connectivity index (χ2n) is 4.43. The van der Waals surface area contributed by atoms with Crippen LogP contribution in [0.15, 0.2) is 18.2 Å². The van der Waals surface area contributed by atoms with Crippen LogP contribution in [0.4, 0.5) is 5.69 Å². The largest absolute Gasteiger partial charge is 0.493 e. The van der Waals surface area contributed by atoms with Crippen LogP contribution in [-0.2, 0) is 0 Å². The summed E-state index contributed by atoms with van der Waals surface area (Å²) in [5.74, 6) is -0.561. The molecule has 106 valence electrons. The van der Waals surface area contributed by atoms with Crippen LogP contribution in [0.2, 0.25) is 0 Å². The highest BCUT2D eigenvalue weighted by Gasteiger charge is 2.18. The smallest absolute Gasteiger partial charge is 0.339 e. The van der Waals surface area contributed by atoms with Crippen molar-refractivity contribution < 1.29 is 14.6 Å². The molecule has 0 amide bonds. The van der Waals surface area contributed by atoms with Crippen molar-refractivity contribution >= 4 is 22.6 Å². The van der Waals surface area contributed by atoms with Crippen LogP contribution in [0.25, 0.3) is 10.9 Å². The lowest BCUT2D eigenvalue weighted by atomic mass is 10.1. The number of hydrogen-bond acceptors (Lipinski definition) is 5. The summed E-state index contributed by atoms with van der Waals surface area (Å²) in [6.45, 7) is 2.60. The maximum atomic E-state index is 11.3. The van der Waals surface area contributed by atoms with E-state index in [2.05, 4.69) is 4.98 Å². The van der Waals surface area contributed by atoms with Crippen molar-refractivity contribution in [3.05, 3.63) is 29.5 Å². The zero-order valence-corrected chi connectivity index (χ0v) is 11.2. The van der Waals surface area contributed by atoms with Crippen LogP contribution in [-0.4, -0.2) is 29.2 Å². The van der Waals surface area contributed by atoms with Crippen LogP contribution in [0.3, 0.4) is 0 Å². The first-order valence-corrected chi connectivity index (χ1v) is 6.31. The molecule has 1 heterocycles. The van der Waals surface area contributed by atoms with Crippen molar-refractivity contribution in [2.75, 3.05) is 18.9 Å². The number of ether oxygens (including phenoxy) is 1. The number of fused-ring (bicyclic) bond motifs is 1. The molecule has 6 nitrogen and oxygen atoms in total. The summed E-state index contributed by atoms with van der Waals surface area (Å²) < 4.78 is 5.62. The van der Waals surface area contributed by atoms with Crippen molar-refractivity contribution in [1.82, 2.24) is 4.98 Å². The highest BCUT2D eigenvalue weighted by molar-refractivity contribution is 6.06. The number of nitrogens with zero attached hydrogens (tertiary/aromatic N) is 1. The first-order chi connectivity index (χ1) is 9.56. The lowest BCUT2D eigenvalue weighted by Crippen LogP contribution is -2.10. The molecule has 5 N–H and O–H groups in total. The van der Waals surface area contributed by atoms with Crippen LogP contribution < -0.4 is 16.2 Å². The van der Waals surface area contributed by atoms with E-state index in [1.807, 2.05) is 0 Å². The first kappa shape index (κ1) is 14.1. The van der Waals surface area contributed by atoms with Gasteiger partial charge in [-0.05, 0) is 32.0 Å². The molecule has 0 atom stereocenters. The normalized spacial score (nSPS) is 10.7. The molecule has 20 heavy (non-hydrogen) atoms. The Morgan fingerprint density at radius 1 is 1.45 bits per heavy atom. The maximum absolute atomic E-state index is 11.3. The number of carboxylic acids is 1. The summed E-state index contributed by atoms with van der Waals surface area (Å²) in [4.78, 5) is 15.6. The SMILES string of the molecule is Cc1nc2cccc(OCCCN)c2c(N)c1C(=O)O. The minimum atomic E-state index is -1.09. The van der Waals surface area contributed by atoms with Crippen LogP contribution in [0.1, 0.15) is 22.5 Å². The molecule has 2 aromatic rings. The highest BCUT2D eigenvalue weighted by Crippen LogP contribution is 2.33. The second-order valence-corrected chi connectivity index (χ2v) is 4.43. The van der Waals surface area contributed by atoms with E-state index in [4.69, 9.17) is 16.2 Å². The molecule has 0 unspecified atom stereocenters. The number of aromatic carboxylic acids is 1.